The van der Waals surface area contributed by atoms with Crippen LogP contribution in [0.25, 0.3) is 0 Å². The molecule has 1 fully saturated rings. The minimum atomic E-state index is -0.300. The molecule has 58 valence electrons. The molecule has 0 aromatic heterocycles. The SMILES string of the molecule is NC(=S)OC1CNCCO1. The van der Waals surface area contributed by atoms with Crippen LogP contribution in [0.4, 0.5) is 0 Å². The highest BCUT2D eigenvalue weighted by molar-refractivity contribution is 7.80. The second kappa shape index (κ2) is 3.70. The Labute approximate surface area is 64.7 Å². The summed E-state index contributed by atoms with van der Waals surface area (Å²) in [5, 5.41) is 3.11. The maximum atomic E-state index is 5.14. The van der Waals surface area contributed by atoms with Gasteiger partial charge in [-0.1, -0.05) is 0 Å². The molecule has 0 saturated carbocycles. The lowest BCUT2D eigenvalue weighted by Crippen LogP contribution is -2.41. The van der Waals surface area contributed by atoms with E-state index in [1.807, 2.05) is 0 Å². The first-order chi connectivity index (χ1) is 4.79. The van der Waals surface area contributed by atoms with Gasteiger partial charge in [-0.25, -0.2) is 0 Å². The minimum Gasteiger partial charge on any atom is -0.440 e. The third-order valence-electron chi connectivity index (χ3n) is 1.14. The molecular weight excluding hydrogens is 152 g/mol. The third kappa shape index (κ3) is 2.47. The summed E-state index contributed by atoms with van der Waals surface area (Å²) in [5.74, 6) is 0. The van der Waals surface area contributed by atoms with Crippen molar-refractivity contribution in [3.63, 3.8) is 0 Å². The van der Waals surface area contributed by atoms with Crippen LogP contribution in [0.3, 0.4) is 0 Å². The van der Waals surface area contributed by atoms with Crippen LogP contribution >= 0.6 is 12.2 Å². The summed E-state index contributed by atoms with van der Waals surface area (Å²) in [4.78, 5) is 0. The molecule has 1 heterocycles. The van der Waals surface area contributed by atoms with Gasteiger partial charge in [-0.2, -0.15) is 0 Å². The van der Waals surface area contributed by atoms with Crippen molar-refractivity contribution in [3.8, 4) is 0 Å². The van der Waals surface area contributed by atoms with Gasteiger partial charge in [0.15, 0.2) is 0 Å². The van der Waals surface area contributed by atoms with Gasteiger partial charge in [0, 0.05) is 6.54 Å². The van der Waals surface area contributed by atoms with Crippen LogP contribution in [0.15, 0.2) is 0 Å². The molecule has 0 amide bonds. The molecule has 1 unspecified atom stereocenters. The first-order valence-corrected chi connectivity index (χ1v) is 3.48. The van der Waals surface area contributed by atoms with Crippen molar-refractivity contribution in [2.75, 3.05) is 19.7 Å². The van der Waals surface area contributed by atoms with E-state index in [2.05, 4.69) is 17.5 Å². The summed E-state index contributed by atoms with van der Waals surface area (Å²) in [6.45, 7) is 2.15. The van der Waals surface area contributed by atoms with E-state index in [0.717, 1.165) is 6.54 Å². The van der Waals surface area contributed by atoms with Gasteiger partial charge in [-0.05, 0) is 12.2 Å². The topological polar surface area (TPSA) is 56.5 Å². The van der Waals surface area contributed by atoms with E-state index in [0.29, 0.717) is 13.2 Å². The van der Waals surface area contributed by atoms with Gasteiger partial charge in [-0.15, -0.1) is 0 Å². The summed E-state index contributed by atoms with van der Waals surface area (Å²) in [7, 11) is 0. The predicted molar refractivity (Wildman–Crippen MR) is 40.5 cm³/mol. The number of hydrogen-bond acceptors (Lipinski definition) is 4. The number of morpholine rings is 1. The summed E-state index contributed by atoms with van der Waals surface area (Å²) in [6, 6.07) is 0. The number of nitrogens with two attached hydrogens (primary N) is 1. The molecule has 5 heteroatoms. The largest absolute Gasteiger partial charge is 0.440 e. The zero-order valence-corrected chi connectivity index (χ0v) is 6.32. The van der Waals surface area contributed by atoms with E-state index in [1.165, 1.54) is 0 Å². The third-order valence-corrected chi connectivity index (χ3v) is 1.24. The maximum absolute atomic E-state index is 5.14. The molecule has 0 bridgehead atoms. The molecular formula is C5H10N2O2S. The molecule has 0 aromatic rings. The molecule has 0 aliphatic carbocycles. The van der Waals surface area contributed by atoms with Crippen LogP contribution in [-0.4, -0.2) is 31.2 Å². The van der Waals surface area contributed by atoms with Crippen molar-refractivity contribution in [1.29, 1.82) is 0 Å². The molecule has 3 N–H and O–H groups in total. The Morgan fingerprint density at radius 1 is 1.80 bits per heavy atom. The lowest BCUT2D eigenvalue weighted by molar-refractivity contribution is -0.101. The van der Waals surface area contributed by atoms with Crippen LogP contribution in [0.2, 0.25) is 0 Å². The van der Waals surface area contributed by atoms with Gasteiger partial charge in [0.2, 0.25) is 6.29 Å². The van der Waals surface area contributed by atoms with E-state index < -0.39 is 0 Å². The number of thiocarbonyl (C=S) groups is 1. The summed E-state index contributed by atoms with van der Waals surface area (Å²) < 4.78 is 10.1. The van der Waals surface area contributed by atoms with Crippen molar-refractivity contribution >= 4 is 17.4 Å². The molecule has 0 aromatic carbocycles. The highest BCUT2D eigenvalue weighted by atomic mass is 32.1. The van der Waals surface area contributed by atoms with Crippen LogP contribution in [0.5, 0.6) is 0 Å². The summed E-state index contributed by atoms with van der Waals surface area (Å²) in [5.41, 5.74) is 5.12. The van der Waals surface area contributed by atoms with Crippen molar-refractivity contribution in [2.45, 2.75) is 6.29 Å². The minimum absolute atomic E-state index is 0.0358. The lowest BCUT2D eigenvalue weighted by Gasteiger charge is -2.23. The highest BCUT2D eigenvalue weighted by Gasteiger charge is 2.13. The fraction of sp³-hybridized carbons (Fsp3) is 0.800. The fourth-order valence-electron chi connectivity index (χ4n) is 0.747. The van der Waals surface area contributed by atoms with E-state index in [4.69, 9.17) is 15.2 Å². The van der Waals surface area contributed by atoms with E-state index in [9.17, 15) is 0 Å². The van der Waals surface area contributed by atoms with Gasteiger partial charge in [0.05, 0.1) is 13.2 Å². The predicted octanol–water partition coefficient (Wildman–Crippen LogP) is -0.807. The molecule has 1 saturated heterocycles. The van der Waals surface area contributed by atoms with Gasteiger partial charge in [0.1, 0.15) is 0 Å². The number of rotatable bonds is 1. The smallest absolute Gasteiger partial charge is 0.256 e. The maximum Gasteiger partial charge on any atom is 0.256 e. The second-order valence-corrected chi connectivity index (χ2v) is 2.34. The Morgan fingerprint density at radius 3 is 3.10 bits per heavy atom. The normalized spacial score (nSPS) is 25.8. The van der Waals surface area contributed by atoms with E-state index in [-0.39, 0.29) is 11.5 Å². The molecule has 1 aliphatic heterocycles. The van der Waals surface area contributed by atoms with Crippen molar-refractivity contribution in [2.24, 2.45) is 5.73 Å². The molecule has 1 rings (SSSR count). The zero-order chi connectivity index (χ0) is 7.40. The van der Waals surface area contributed by atoms with E-state index in [1.54, 1.807) is 0 Å². The Hall–Kier alpha value is -0.390. The highest BCUT2D eigenvalue weighted by Crippen LogP contribution is 1.96. The van der Waals surface area contributed by atoms with E-state index >= 15 is 0 Å². The van der Waals surface area contributed by atoms with Crippen LogP contribution in [0.1, 0.15) is 0 Å². The van der Waals surface area contributed by atoms with Crippen molar-refractivity contribution in [3.05, 3.63) is 0 Å². The van der Waals surface area contributed by atoms with Crippen LogP contribution < -0.4 is 11.1 Å². The summed E-state index contributed by atoms with van der Waals surface area (Å²) >= 11 is 4.52. The van der Waals surface area contributed by atoms with Crippen LogP contribution in [-0.2, 0) is 9.47 Å². The molecule has 0 radical (unpaired) electrons. The van der Waals surface area contributed by atoms with Crippen molar-refractivity contribution < 1.29 is 9.47 Å². The standard InChI is InChI=1S/C5H10N2O2S/c6-5(10)9-4-3-7-1-2-8-4/h4,7H,1-3H2,(H2,6,10). The fourth-order valence-corrected chi connectivity index (χ4v) is 0.854. The monoisotopic (exact) mass is 162 g/mol. The zero-order valence-electron chi connectivity index (χ0n) is 5.50. The molecule has 10 heavy (non-hydrogen) atoms. The Balaban J connectivity index is 2.19. The van der Waals surface area contributed by atoms with Crippen LogP contribution in [0, 0.1) is 0 Å². The van der Waals surface area contributed by atoms with Crippen molar-refractivity contribution in [1.82, 2.24) is 5.32 Å². The molecule has 0 spiro atoms. The molecule has 1 atom stereocenters. The number of ether oxygens (including phenoxy) is 2. The van der Waals surface area contributed by atoms with Gasteiger partial charge >= 0.3 is 0 Å². The average molecular weight is 162 g/mol. The quantitative estimate of drug-likeness (QED) is 0.494. The number of nitrogens with one attached hydrogen (secondary N) is 1. The Bertz CT molecular complexity index is 125. The average Bonchev–Trinajstić information content (AvgIpc) is 1.88. The van der Waals surface area contributed by atoms with Gasteiger partial charge < -0.3 is 20.5 Å². The Kier molecular flexibility index (Phi) is 2.85. The Morgan fingerprint density at radius 2 is 2.60 bits per heavy atom. The van der Waals surface area contributed by atoms with Gasteiger partial charge in [0.25, 0.3) is 5.17 Å². The van der Waals surface area contributed by atoms with Gasteiger partial charge in [-0.3, -0.25) is 0 Å². The first kappa shape index (κ1) is 7.71. The summed E-state index contributed by atoms with van der Waals surface area (Å²) in [6.07, 6.45) is -0.300. The second-order valence-electron chi connectivity index (χ2n) is 1.94. The molecule has 4 nitrogen and oxygen atoms in total. The molecule has 1 aliphatic rings. The lowest BCUT2D eigenvalue weighted by atomic mass is 10.5. The first-order valence-electron chi connectivity index (χ1n) is 3.07. The number of hydrogen-bond donors (Lipinski definition) is 2.